The zero-order valence-electron chi connectivity index (χ0n) is 19.5. The summed E-state index contributed by atoms with van der Waals surface area (Å²) in [4.78, 5) is 71.5. The van der Waals surface area contributed by atoms with E-state index in [1.165, 1.54) is 11.8 Å². The van der Waals surface area contributed by atoms with E-state index in [1.54, 1.807) is 20.1 Å². The average Bonchev–Trinajstić information content (AvgIpc) is 2.75. The molecule has 5 atom stereocenters. The first-order chi connectivity index (χ1) is 15.8. The number of carbonyl (C=O) groups excluding carboxylic acids is 4. The summed E-state index contributed by atoms with van der Waals surface area (Å²) in [5.41, 5.74) is 10.7. The third-order valence-corrected chi connectivity index (χ3v) is 5.71. The number of thioether (sulfide) groups is 1. The summed E-state index contributed by atoms with van der Waals surface area (Å²) in [6.07, 6.45) is 1.27. The van der Waals surface area contributed by atoms with Crippen LogP contribution in [0.15, 0.2) is 0 Å². The first-order valence-electron chi connectivity index (χ1n) is 10.7. The summed E-state index contributed by atoms with van der Waals surface area (Å²) in [7, 11) is 0. The molecule has 4 amide bonds. The van der Waals surface area contributed by atoms with Crippen LogP contribution in [0.25, 0.3) is 0 Å². The molecule has 0 spiro atoms. The van der Waals surface area contributed by atoms with Crippen LogP contribution in [0.2, 0.25) is 0 Å². The predicted octanol–water partition coefficient (Wildman–Crippen LogP) is -1.61. The topological polar surface area (TPSA) is 231 Å². The first kappa shape index (κ1) is 31.1. The smallest absolute Gasteiger partial charge is 0.326 e. The van der Waals surface area contributed by atoms with Gasteiger partial charge >= 0.3 is 11.9 Å². The van der Waals surface area contributed by atoms with Crippen molar-refractivity contribution in [1.82, 2.24) is 16.0 Å². The highest BCUT2D eigenvalue weighted by Gasteiger charge is 2.33. The molecule has 194 valence electrons. The van der Waals surface area contributed by atoms with Crippen LogP contribution in [0.4, 0.5) is 0 Å². The maximum absolute atomic E-state index is 12.9. The largest absolute Gasteiger partial charge is 0.481 e. The van der Waals surface area contributed by atoms with Crippen molar-refractivity contribution in [2.45, 2.75) is 70.1 Å². The van der Waals surface area contributed by atoms with Crippen molar-refractivity contribution in [2.75, 3.05) is 12.0 Å². The molecular formula is C20H35N5O8S. The molecule has 14 heteroatoms. The molecule has 0 saturated carbocycles. The van der Waals surface area contributed by atoms with Crippen LogP contribution < -0.4 is 27.4 Å². The number of aliphatic carboxylic acids is 2. The molecule has 9 N–H and O–H groups in total. The van der Waals surface area contributed by atoms with Gasteiger partial charge in [0.1, 0.15) is 18.1 Å². The molecule has 0 fully saturated rings. The number of primary amides is 1. The van der Waals surface area contributed by atoms with Gasteiger partial charge in [0, 0.05) is 6.42 Å². The second kappa shape index (κ2) is 15.9. The van der Waals surface area contributed by atoms with Gasteiger partial charge in [0.05, 0.1) is 12.5 Å². The van der Waals surface area contributed by atoms with E-state index in [0.29, 0.717) is 12.2 Å². The minimum Gasteiger partial charge on any atom is -0.481 e. The van der Waals surface area contributed by atoms with Crippen LogP contribution in [0.3, 0.4) is 0 Å². The number of hydrogen-bond acceptors (Lipinski definition) is 8. The molecular weight excluding hydrogens is 470 g/mol. The number of carboxylic acids is 2. The minimum atomic E-state index is -1.44. The molecule has 0 aromatic rings. The van der Waals surface area contributed by atoms with Crippen molar-refractivity contribution in [2.24, 2.45) is 17.4 Å². The van der Waals surface area contributed by atoms with Crippen molar-refractivity contribution in [3.05, 3.63) is 0 Å². The molecule has 0 radical (unpaired) electrons. The molecule has 0 heterocycles. The van der Waals surface area contributed by atoms with E-state index in [1.807, 2.05) is 0 Å². The normalized spacial score (nSPS) is 15.2. The lowest BCUT2D eigenvalue weighted by molar-refractivity contribution is -0.142. The Hall–Kier alpha value is -2.87. The van der Waals surface area contributed by atoms with Crippen LogP contribution in [-0.2, 0) is 28.8 Å². The molecule has 0 aliphatic carbocycles. The Kier molecular flexibility index (Phi) is 14.5. The fourth-order valence-corrected chi connectivity index (χ4v) is 3.30. The molecule has 13 nitrogen and oxygen atoms in total. The highest BCUT2D eigenvalue weighted by molar-refractivity contribution is 7.98. The van der Waals surface area contributed by atoms with E-state index in [9.17, 15) is 33.9 Å². The lowest BCUT2D eigenvalue weighted by atomic mass is 9.97. The highest BCUT2D eigenvalue weighted by atomic mass is 32.2. The van der Waals surface area contributed by atoms with Gasteiger partial charge in [0.25, 0.3) is 0 Å². The molecule has 34 heavy (non-hydrogen) atoms. The van der Waals surface area contributed by atoms with Gasteiger partial charge in [0.15, 0.2) is 0 Å². The van der Waals surface area contributed by atoms with Crippen molar-refractivity contribution in [1.29, 1.82) is 0 Å². The van der Waals surface area contributed by atoms with Crippen LogP contribution in [0, 0.1) is 5.92 Å². The Morgan fingerprint density at radius 2 is 1.50 bits per heavy atom. The molecule has 0 saturated heterocycles. The minimum absolute atomic E-state index is 0.183. The number of nitrogens with one attached hydrogen (secondary N) is 3. The Balaban J connectivity index is 5.59. The van der Waals surface area contributed by atoms with Crippen LogP contribution in [-0.4, -0.2) is 82.0 Å². The van der Waals surface area contributed by atoms with E-state index in [0.717, 1.165) is 0 Å². The van der Waals surface area contributed by atoms with E-state index in [2.05, 4.69) is 16.0 Å². The van der Waals surface area contributed by atoms with Crippen LogP contribution in [0.1, 0.15) is 46.0 Å². The molecule has 5 unspecified atom stereocenters. The van der Waals surface area contributed by atoms with Crippen molar-refractivity contribution in [3.63, 3.8) is 0 Å². The van der Waals surface area contributed by atoms with E-state index < -0.39 is 72.1 Å². The molecule has 0 aliphatic heterocycles. The van der Waals surface area contributed by atoms with Gasteiger partial charge in [-0.25, -0.2) is 4.79 Å². The molecule has 0 bridgehead atoms. The molecule has 0 rings (SSSR count). The van der Waals surface area contributed by atoms with Gasteiger partial charge in [-0.15, -0.1) is 0 Å². The summed E-state index contributed by atoms with van der Waals surface area (Å²) in [6, 6.07) is -5.05. The molecule has 0 aromatic carbocycles. The zero-order valence-corrected chi connectivity index (χ0v) is 20.4. The van der Waals surface area contributed by atoms with Crippen molar-refractivity contribution < 1.29 is 39.0 Å². The predicted molar refractivity (Wildman–Crippen MR) is 125 cm³/mol. The second-order valence-corrected chi connectivity index (χ2v) is 8.81. The number of rotatable bonds is 17. The Bertz CT molecular complexity index is 750. The van der Waals surface area contributed by atoms with Gasteiger partial charge in [-0.1, -0.05) is 20.3 Å². The first-order valence-corrected chi connectivity index (χ1v) is 12.1. The Labute approximate surface area is 202 Å². The molecule has 0 aromatic heterocycles. The maximum atomic E-state index is 12.9. The third kappa shape index (κ3) is 11.8. The van der Waals surface area contributed by atoms with E-state index >= 15 is 0 Å². The fourth-order valence-electron chi connectivity index (χ4n) is 2.83. The van der Waals surface area contributed by atoms with Crippen LogP contribution >= 0.6 is 11.8 Å². The number of nitrogens with two attached hydrogens (primary N) is 2. The van der Waals surface area contributed by atoms with Gasteiger partial charge in [0.2, 0.25) is 23.6 Å². The number of amides is 4. The van der Waals surface area contributed by atoms with E-state index in [-0.39, 0.29) is 19.3 Å². The van der Waals surface area contributed by atoms with Gasteiger partial charge in [-0.05, 0) is 30.8 Å². The maximum Gasteiger partial charge on any atom is 0.326 e. The summed E-state index contributed by atoms with van der Waals surface area (Å²) in [5, 5.41) is 25.4. The second-order valence-electron chi connectivity index (χ2n) is 7.82. The lowest BCUT2D eigenvalue weighted by Crippen LogP contribution is -2.58. The monoisotopic (exact) mass is 505 g/mol. The van der Waals surface area contributed by atoms with Gasteiger partial charge < -0.3 is 37.6 Å². The summed E-state index contributed by atoms with van der Waals surface area (Å²) >= 11 is 1.42. The van der Waals surface area contributed by atoms with Crippen LogP contribution in [0.5, 0.6) is 0 Å². The summed E-state index contributed by atoms with van der Waals surface area (Å²) in [5.74, 6) is -5.64. The number of hydrogen-bond donors (Lipinski definition) is 7. The fraction of sp³-hybridized carbons (Fsp3) is 0.700. The quantitative estimate of drug-likeness (QED) is 0.119. The number of carboxylic acid groups (broad SMARTS) is 2. The van der Waals surface area contributed by atoms with Crippen molar-refractivity contribution in [3.8, 4) is 0 Å². The Morgan fingerprint density at radius 3 is 1.97 bits per heavy atom. The molecule has 0 aliphatic rings. The third-order valence-electron chi connectivity index (χ3n) is 5.06. The van der Waals surface area contributed by atoms with Gasteiger partial charge in [-0.2, -0.15) is 11.8 Å². The zero-order chi connectivity index (χ0) is 26.4. The Morgan fingerprint density at radius 1 is 0.912 bits per heavy atom. The highest BCUT2D eigenvalue weighted by Crippen LogP contribution is 2.11. The van der Waals surface area contributed by atoms with Gasteiger partial charge in [-0.3, -0.25) is 24.0 Å². The van der Waals surface area contributed by atoms with Crippen molar-refractivity contribution >= 4 is 47.3 Å². The lowest BCUT2D eigenvalue weighted by Gasteiger charge is -2.28. The van der Waals surface area contributed by atoms with E-state index in [4.69, 9.17) is 16.6 Å². The summed E-state index contributed by atoms with van der Waals surface area (Å²) in [6.45, 7) is 3.46. The average molecular weight is 506 g/mol. The standard InChI is InChI=1S/C20H35N5O8S/c1-4-10(2)16(19(31)24-13(20(32)33)7-8-34-3)25-18(30)12(5-6-14(22)26)23-17(29)11(21)9-15(27)28/h10-13,16H,4-9,21H2,1-3H3,(H2,22,26)(H,23,29)(H,24,31)(H,25,30)(H,27,28)(H,32,33). The SMILES string of the molecule is CCC(C)C(NC(=O)C(CCC(N)=O)NC(=O)C(N)CC(=O)O)C(=O)NC(CCSC)C(=O)O. The number of carbonyl (C=O) groups is 6. The summed E-state index contributed by atoms with van der Waals surface area (Å²) < 4.78 is 0.